The Morgan fingerprint density at radius 3 is 2.30 bits per heavy atom. The highest BCUT2D eigenvalue weighted by atomic mass is 32.2. The Morgan fingerprint density at radius 2 is 1.73 bits per heavy atom. The second kappa shape index (κ2) is 9.23. The molecule has 30 heavy (non-hydrogen) atoms. The Labute approximate surface area is 175 Å². The summed E-state index contributed by atoms with van der Waals surface area (Å²) in [5.74, 6) is 0. The van der Waals surface area contributed by atoms with E-state index in [2.05, 4.69) is 27.6 Å². The van der Waals surface area contributed by atoms with Gasteiger partial charge in [-0.2, -0.15) is 5.10 Å². The summed E-state index contributed by atoms with van der Waals surface area (Å²) in [4.78, 5) is 12.7. The van der Waals surface area contributed by atoms with E-state index in [9.17, 15) is 18.5 Å². The Kier molecular flexibility index (Phi) is 6.68. The topological polar surface area (TPSA) is 131 Å². The van der Waals surface area contributed by atoms with Crippen molar-refractivity contribution >= 4 is 32.8 Å². The fraction of sp³-hybridized carbons (Fsp3) is 0.350. The second-order valence-electron chi connectivity index (χ2n) is 7.24. The molecule has 0 unspecified atom stereocenters. The van der Waals surface area contributed by atoms with Gasteiger partial charge in [0.1, 0.15) is 5.69 Å². The first kappa shape index (κ1) is 21.7. The lowest BCUT2D eigenvalue weighted by Crippen LogP contribution is -2.23. The Balaban J connectivity index is 1.77. The Bertz CT molecular complexity index is 1040. The van der Waals surface area contributed by atoms with Gasteiger partial charge in [0, 0.05) is 24.8 Å². The van der Waals surface area contributed by atoms with Gasteiger partial charge in [-0.15, -0.1) is 0 Å². The van der Waals surface area contributed by atoms with Gasteiger partial charge in [0.15, 0.2) is 0 Å². The molecular formula is C20H25N5O4S. The summed E-state index contributed by atoms with van der Waals surface area (Å²) in [7, 11) is -4.04. The number of hydrogen-bond acceptors (Lipinski definition) is 7. The minimum Gasteiger partial charge on any atom is -0.372 e. The van der Waals surface area contributed by atoms with Gasteiger partial charge in [0.2, 0.25) is 10.0 Å². The highest BCUT2D eigenvalue weighted by molar-refractivity contribution is 7.89. The number of nitro benzene ring substituents is 1. The van der Waals surface area contributed by atoms with E-state index in [1.165, 1.54) is 43.5 Å². The summed E-state index contributed by atoms with van der Waals surface area (Å²) in [5, 5.41) is 20.6. The molecule has 0 bridgehead atoms. The fourth-order valence-corrected chi connectivity index (χ4v) is 3.92. The number of nitrogens with two attached hydrogens (primary N) is 1. The molecular weight excluding hydrogens is 406 g/mol. The van der Waals surface area contributed by atoms with Crippen LogP contribution in [0.2, 0.25) is 0 Å². The molecule has 3 rings (SSSR count). The molecule has 3 N–H and O–H groups in total. The van der Waals surface area contributed by atoms with Crippen LogP contribution in [0.5, 0.6) is 0 Å². The van der Waals surface area contributed by atoms with Crippen LogP contribution in [-0.4, -0.2) is 32.1 Å². The SMILES string of the molecule is CC(=NNc1ccc(S(N)(=O)=O)cc1[N+](=O)[O-])c1ccc(N2CCCCCC2)cc1. The number of sulfonamides is 1. The average molecular weight is 432 g/mol. The van der Waals surface area contributed by atoms with Crippen LogP contribution in [0, 0.1) is 10.1 Å². The van der Waals surface area contributed by atoms with E-state index in [1.807, 2.05) is 12.1 Å². The monoisotopic (exact) mass is 431 g/mol. The van der Waals surface area contributed by atoms with Gasteiger partial charge in [0.25, 0.3) is 5.69 Å². The molecule has 0 aromatic heterocycles. The van der Waals surface area contributed by atoms with Gasteiger partial charge >= 0.3 is 0 Å². The van der Waals surface area contributed by atoms with Crippen molar-refractivity contribution in [3.8, 4) is 0 Å². The molecule has 0 aliphatic carbocycles. The van der Waals surface area contributed by atoms with Crippen LogP contribution in [0.4, 0.5) is 17.1 Å². The lowest BCUT2D eigenvalue weighted by Gasteiger charge is -2.22. The highest BCUT2D eigenvalue weighted by Gasteiger charge is 2.19. The van der Waals surface area contributed by atoms with Crippen molar-refractivity contribution in [3.05, 3.63) is 58.1 Å². The first-order valence-electron chi connectivity index (χ1n) is 9.72. The number of hydrogen-bond donors (Lipinski definition) is 2. The molecule has 9 nitrogen and oxygen atoms in total. The molecule has 1 aliphatic rings. The molecule has 0 radical (unpaired) electrons. The van der Waals surface area contributed by atoms with Crippen LogP contribution in [0.1, 0.15) is 38.2 Å². The van der Waals surface area contributed by atoms with E-state index >= 15 is 0 Å². The van der Waals surface area contributed by atoms with E-state index in [0.717, 1.165) is 24.7 Å². The molecule has 10 heteroatoms. The minimum absolute atomic E-state index is 0.0768. The first-order chi connectivity index (χ1) is 14.3. The van der Waals surface area contributed by atoms with E-state index in [0.29, 0.717) is 5.71 Å². The lowest BCUT2D eigenvalue weighted by atomic mass is 10.1. The zero-order chi connectivity index (χ0) is 21.7. The molecule has 0 spiro atoms. The van der Waals surface area contributed by atoms with Crippen LogP contribution in [0.25, 0.3) is 0 Å². The second-order valence-corrected chi connectivity index (χ2v) is 8.80. The number of benzene rings is 2. The number of anilines is 2. The summed E-state index contributed by atoms with van der Waals surface area (Å²) in [6, 6.07) is 11.5. The number of rotatable bonds is 6. The lowest BCUT2D eigenvalue weighted by molar-refractivity contribution is -0.384. The minimum atomic E-state index is -4.04. The number of primary sulfonamides is 1. The zero-order valence-electron chi connectivity index (χ0n) is 16.7. The maximum absolute atomic E-state index is 11.4. The van der Waals surface area contributed by atoms with Crippen molar-refractivity contribution in [2.24, 2.45) is 10.2 Å². The number of nitrogens with one attached hydrogen (secondary N) is 1. The number of hydrazone groups is 1. The fourth-order valence-electron chi connectivity index (χ4n) is 3.38. The molecule has 1 fully saturated rings. The van der Waals surface area contributed by atoms with Gasteiger partial charge in [-0.1, -0.05) is 25.0 Å². The molecule has 0 amide bonds. The van der Waals surface area contributed by atoms with E-state index in [-0.39, 0.29) is 10.6 Å². The summed E-state index contributed by atoms with van der Waals surface area (Å²) >= 11 is 0. The van der Waals surface area contributed by atoms with Crippen molar-refractivity contribution in [3.63, 3.8) is 0 Å². The maximum atomic E-state index is 11.4. The van der Waals surface area contributed by atoms with Crippen LogP contribution >= 0.6 is 0 Å². The van der Waals surface area contributed by atoms with Crippen molar-refractivity contribution < 1.29 is 13.3 Å². The van der Waals surface area contributed by atoms with E-state index in [4.69, 9.17) is 5.14 Å². The Morgan fingerprint density at radius 1 is 1.10 bits per heavy atom. The smallest absolute Gasteiger partial charge is 0.295 e. The van der Waals surface area contributed by atoms with Crippen LogP contribution < -0.4 is 15.5 Å². The summed E-state index contributed by atoms with van der Waals surface area (Å²) in [6.45, 7) is 3.91. The standard InChI is InChI=1S/C20H25N5O4S/c1-15(16-6-8-17(9-7-16)24-12-4-2-3-5-13-24)22-23-19-11-10-18(30(21,28)29)14-20(19)25(26)27/h6-11,14,23H,2-5,12-13H2,1H3,(H2,21,28,29). The average Bonchev–Trinajstić information content (AvgIpc) is 3.01. The maximum Gasteiger partial charge on any atom is 0.295 e. The number of nitro groups is 1. The molecule has 160 valence electrons. The summed E-state index contributed by atoms with van der Waals surface area (Å²) in [6.07, 6.45) is 4.96. The van der Waals surface area contributed by atoms with Crippen LogP contribution in [0.3, 0.4) is 0 Å². The summed E-state index contributed by atoms with van der Waals surface area (Å²) in [5.41, 5.74) is 5.01. The van der Waals surface area contributed by atoms with Gasteiger partial charge in [-0.25, -0.2) is 13.6 Å². The molecule has 1 saturated heterocycles. The zero-order valence-corrected chi connectivity index (χ0v) is 17.6. The molecule has 2 aromatic rings. The first-order valence-corrected chi connectivity index (χ1v) is 11.3. The molecule has 2 aromatic carbocycles. The third-order valence-corrected chi connectivity index (χ3v) is 6.01. The van der Waals surface area contributed by atoms with E-state index < -0.39 is 20.6 Å². The highest BCUT2D eigenvalue weighted by Crippen LogP contribution is 2.27. The van der Waals surface area contributed by atoms with E-state index in [1.54, 1.807) is 6.92 Å². The largest absolute Gasteiger partial charge is 0.372 e. The third kappa shape index (κ3) is 5.33. The van der Waals surface area contributed by atoms with Crippen molar-refractivity contribution in [2.45, 2.75) is 37.5 Å². The predicted molar refractivity (Wildman–Crippen MR) is 117 cm³/mol. The van der Waals surface area contributed by atoms with Crippen LogP contribution in [0.15, 0.2) is 52.5 Å². The normalized spacial score (nSPS) is 15.5. The van der Waals surface area contributed by atoms with Crippen LogP contribution in [-0.2, 0) is 10.0 Å². The molecule has 1 heterocycles. The van der Waals surface area contributed by atoms with Gasteiger partial charge in [-0.3, -0.25) is 15.5 Å². The van der Waals surface area contributed by atoms with Crippen molar-refractivity contribution in [1.29, 1.82) is 0 Å². The molecule has 0 saturated carbocycles. The molecule has 1 aliphatic heterocycles. The quantitative estimate of drug-likeness (QED) is 0.409. The number of nitrogens with zero attached hydrogens (tertiary/aromatic N) is 3. The predicted octanol–water partition coefficient (Wildman–Crippen LogP) is 3.46. The van der Waals surface area contributed by atoms with Gasteiger partial charge in [0.05, 0.1) is 15.5 Å². The summed E-state index contributed by atoms with van der Waals surface area (Å²) < 4.78 is 22.9. The van der Waals surface area contributed by atoms with Gasteiger partial charge in [-0.05, 0) is 49.6 Å². The third-order valence-electron chi connectivity index (χ3n) is 5.09. The molecule has 0 atom stereocenters. The van der Waals surface area contributed by atoms with Crippen molar-refractivity contribution in [1.82, 2.24) is 0 Å². The van der Waals surface area contributed by atoms with Gasteiger partial charge < -0.3 is 4.90 Å². The van der Waals surface area contributed by atoms with Crippen molar-refractivity contribution in [2.75, 3.05) is 23.4 Å². The Hall–Kier alpha value is -2.98.